The number of ether oxygens (including phenoxy) is 1. The molecule has 1 aromatic carbocycles. The van der Waals surface area contributed by atoms with Crippen LogP contribution in [0.4, 0.5) is 5.69 Å². The van der Waals surface area contributed by atoms with Crippen LogP contribution in [0.1, 0.15) is 11.1 Å². The van der Waals surface area contributed by atoms with E-state index in [9.17, 15) is 14.9 Å². The highest BCUT2D eigenvalue weighted by Crippen LogP contribution is 2.18. The molecule has 0 unspecified atom stereocenters. The number of carbonyl (C=O) groups is 1. The summed E-state index contributed by atoms with van der Waals surface area (Å²) in [7, 11) is 1.53. The lowest BCUT2D eigenvalue weighted by molar-refractivity contribution is -0.385. The molecule has 0 bridgehead atoms. The van der Waals surface area contributed by atoms with Crippen LogP contribution in [-0.2, 0) is 11.3 Å². The van der Waals surface area contributed by atoms with E-state index in [1.165, 1.54) is 25.3 Å². The Hall–Kier alpha value is -3.22. The molecule has 0 fully saturated rings. The lowest BCUT2D eigenvalue weighted by Gasteiger charge is -2.03. The van der Waals surface area contributed by atoms with Gasteiger partial charge in [0.15, 0.2) is 0 Å². The van der Waals surface area contributed by atoms with Crippen molar-refractivity contribution >= 4 is 17.7 Å². The van der Waals surface area contributed by atoms with Crippen molar-refractivity contribution in [2.24, 2.45) is 0 Å². The first kappa shape index (κ1) is 16.2. The van der Waals surface area contributed by atoms with Crippen molar-refractivity contribution in [1.82, 2.24) is 10.3 Å². The normalized spacial score (nSPS) is 10.5. The fraction of sp³-hybridized carbons (Fsp3) is 0.125. The van der Waals surface area contributed by atoms with Gasteiger partial charge in [0.25, 0.3) is 5.69 Å². The minimum atomic E-state index is -0.486. The number of nitrogens with zero attached hydrogens (tertiary/aromatic N) is 2. The van der Waals surface area contributed by atoms with E-state index in [0.29, 0.717) is 18.0 Å². The van der Waals surface area contributed by atoms with Gasteiger partial charge in [-0.05, 0) is 17.7 Å². The second-order valence-corrected chi connectivity index (χ2v) is 4.58. The van der Waals surface area contributed by atoms with Crippen LogP contribution >= 0.6 is 0 Å². The monoisotopic (exact) mass is 313 g/mol. The molecule has 1 N–H and O–H groups in total. The number of nitro groups is 1. The van der Waals surface area contributed by atoms with Gasteiger partial charge >= 0.3 is 0 Å². The van der Waals surface area contributed by atoms with Crippen LogP contribution in [0.15, 0.2) is 48.7 Å². The smallest absolute Gasteiger partial charge is 0.276 e. The summed E-state index contributed by atoms with van der Waals surface area (Å²) in [6, 6.07) is 9.71. The average Bonchev–Trinajstić information content (AvgIpc) is 2.58. The first-order valence-electron chi connectivity index (χ1n) is 6.78. The maximum absolute atomic E-state index is 11.8. The zero-order valence-corrected chi connectivity index (χ0v) is 12.4. The largest absolute Gasteiger partial charge is 0.481 e. The molecule has 2 rings (SSSR count). The van der Waals surface area contributed by atoms with Gasteiger partial charge in [0.05, 0.1) is 17.6 Å². The Kier molecular flexibility index (Phi) is 5.40. The number of carbonyl (C=O) groups excluding carboxylic acids is 1. The quantitative estimate of drug-likeness (QED) is 0.502. The summed E-state index contributed by atoms with van der Waals surface area (Å²) < 4.78 is 4.95. The van der Waals surface area contributed by atoms with Gasteiger partial charge in [-0.25, -0.2) is 4.98 Å². The van der Waals surface area contributed by atoms with Crippen molar-refractivity contribution in [3.63, 3.8) is 0 Å². The zero-order valence-electron chi connectivity index (χ0n) is 12.4. The highest BCUT2D eigenvalue weighted by molar-refractivity contribution is 5.92. The van der Waals surface area contributed by atoms with Crippen molar-refractivity contribution in [3.8, 4) is 5.88 Å². The number of hydrogen-bond acceptors (Lipinski definition) is 5. The van der Waals surface area contributed by atoms with Crippen LogP contribution in [0.3, 0.4) is 0 Å². The Labute approximate surface area is 132 Å². The minimum absolute atomic E-state index is 0.0455. The number of hydrogen-bond donors (Lipinski definition) is 1. The molecule has 118 valence electrons. The number of para-hydroxylation sites is 1. The van der Waals surface area contributed by atoms with Crippen LogP contribution in [-0.4, -0.2) is 22.9 Å². The fourth-order valence-electron chi connectivity index (χ4n) is 1.84. The topological polar surface area (TPSA) is 94.4 Å². The third-order valence-corrected chi connectivity index (χ3v) is 3.02. The molecule has 0 radical (unpaired) electrons. The van der Waals surface area contributed by atoms with E-state index >= 15 is 0 Å². The molecule has 1 aromatic heterocycles. The van der Waals surface area contributed by atoms with E-state index in [0.717, 1.165) is 5.56 Å². The number of benzene rings is 1. The molecule has 2 aromatic rings. The molecular formula is C16H15N3O4. The van der Waals surface area contributed by atoms with Gasteiger partial charge < -0.3 is 10.1 Å². The Morgan fingerprint density at radius 3 is 2.78 bits per heavy atom. The van der Waals surface area contributed by atoms with E-state index in [2.05, 4.69) is 10.3 Å². The van der Waals surface area contributed by atoms with Crippen LogP contribution in [0.2, 0.25) is 0 Å². The van der Waals surface area contributed by atoms with E-state index in [1.54, 1.807) is 36.5 Å². The molecule has 7 heteroatoms. The van der Waals surface area contributed by atoms with Crippen molar-refractivity contribution in [2.75, 3.05) is 7.11 Å². The lowest BCUT2D eigenvalue weighted by atomic mass is 10.1. The van der Waals surface area contributed by atoms with Gasteiger partial charge in [0.1, 0.15) is 0 Å². The van der Waals surface area contributed by atoms with Gasteiger partial charge in [-0.15, -0.1) is 0 Å². The number of aromatic nitrogens is 1. The van der Waals surface area contributed by atoms with Crippen LogP contribution in [0.5, 0.6) is 5.88 Å². The number of amides is 1. The van der Waals surface area contributed by atoms with E-state index in [4.69, 9.17) is 4.74 Å². The maximum Gasteiger partial charge on any atom is 0.276 e. The SMILES string of the molecule is COc1ccc(CNC(=O)/C=C/c2ccccc2[N+](=O)[O-])cn1. The molecule has 0 saturated heterocycles. The Morgan fingerprint density at radius 1 is 1.35 bits per heavy atom. The van der Waals surface area contributed by atoms with E-state index in [1.807, 2.05) is 0 Å². The fourth-order valence-corrected chi connectivity index (χ4v) is 1.84. The Morgan fingerprint density at radius 2 is 2.13 bits per heavy atom. The summed E-state index contributed by atoms with van der Waals surface area (Å²) in [6.45, 7) is 0.303. The molecule has 1 heterocycles. The predicted octanol–water partition coefficient (Wildman–Crippen LogP) is 2.33. The molecule has 0 spiro atoms. The van der Waals surface area contributed by atoms with E-state index < -0.39 is 4.92 Å². The number of nitrogens with one attached hydrogen (secondary N) is 1. The van der Waals surface area contributed by atoms with Gasteiger partial charge in [0, 0.05) is 31.0 Å². The zero-order chi connectivity index (χ0) is 16.7. The van der Waals surface area contributed by atoms with Crippen LogP contribution in [0, 0.1) is 10.1 Å². The third-order valence-electron chi connectivity index (χ3n) is 3.02. The summed E-state index contributed by atoms with van der Waals surface area (Å²) in [5, 5.41) is 13.6. The van der Waals surface area contributed by atoms with Gasteiger partial charge in [-0.2, -0.15) is 0 Å². The highest BCUT2D eigenvalue weighted by atomic mass is 16.6. The van der Waals surface area contributed by atoms with Crippen LogP contribution in [0.25, 0.3) is 6.08 Å². The summed E-state index contributed by atoms with van der Waals surface area (Å²) in [5.74, 6) is 0.148. The number of rotatable bonds is 6. The molecule has 0 atom stereocenters. The van der Waals surface area contributed by atoms with Gasteiger partial charge in [-0.1, -0.05) is 18.2 Å². The molecule has 7 nitrogen and oxygen atoms in total. The summed E-state index contributed by atoms with van der Waals surface area (Å²) >= 11 is 0. The molecule has 0 aliphatic heterocycles. The molecule has 0 aliphatic rings. The summed E-state index contributed by atoms with van der Waals surface area (Å²) in [4.78, 5) is 26.2. The second-order valence-electron chi connectivity index (χ2n) is 4.58. The first-order chi connectivity index (χ1) is 11.1. The molecular weight excluding hydrogens is 298 g/mol. The minimum Gasteiger partial charge on any atom is -0.481 e. The number of pyridine rings is 1. The molecule has 1 amide bonds. The molecule has 0 saturated carbocycles. The van der Waals surface area contributed by atoms with Crippen LogP contribution < -0.4 is 10.1 Å². The van der Waals surface area contributed by atoms with Crippen molar-refractivity contribution < 1.29 is 14.5 Å². The first-order valence-corrected chi connectivity index (χ1v) is 6.78. The predicted molar refractivity (Wildman–Crippen MR) is 84.8 cm³/mol. The average molecular weight is 313 g/mol. The highest BCUT2D eigenvalue weighted by Gasteiger charge is 2.09. The second kappa shape index (κ2) is 7.69. The van der Waals surface area contributed by atoms with Gasteiger partial charge in [0.2, 0.25) is 11.8 Å². The summed E-state index contributed by atoms with van der Waals surface area (Å²) in [6.07, 6.45) is 4.28. The van der Waals surface area contributed by atoms with Crippen molar-refractivity contribution in [1.29, 1.82) is 0 Å². The standard InChI is InChI=1S/C16H15N3O4/c1-23-16-9-6-12(11-18-16)10-17-15(20)8-7-13-4-2-3-5-14(13)19(21)22/h2-9,11H,10H2,1H3,(H,17,20)/b8-7+. The number of nitro benzene ring substituents is 1. The van der Waals surface area contributed by atoms with E-state index in [-0.39, 0.29) is 11.6 Å². The summed E-state index contributed by atoms with van der Waals surface area (Å²) in [5.41, 5.74) is 1.15. The lowest BCUT2D eigenvalue weighted by Crippen LogP contribution is -2.20. The maximum atomic E-state index is 11.8. The van der Waals surface area contributed by atoms with Crippen molar-refractivity contribution in [2.45, 2.75) is 6.54 Å². The Balaban J connectivity index is 1.95. The molecule has 23 heavy (non-hydrogen) atoms. The Bertz CT molecular complexity index is 726. The van der Waals surface area contributed by atoms with Gasteiger partial charge in [-0.3, -0.25) is 14.9 Å². The molecule has 0 aliphatic carbocycles. The number of methoxy groups -OCH3 is 1. The third kappa shape index (κ3) is 4.63. The van der Waals surface area contributed by atoms with Crippen molar-refractivity contribution in [3.05, 3.63) is 69.9 Å².